The van der Waals surface area contributed by atoms with E-state index in [1.54, 1.807) is 27.7 Å². The number of hydrogen-bond donors (Lipinski definition) is 1. The predicted octanol–water partition coefficient (Wildman–Crippen LogP) is 4.26. The third-order valence-corrected chi connectivity index (χ3v) is 2.78. The summed E-state index contributed by atoms with van der Waals surface area (Å²) in [6.07, 6.45) is 0.491. The average molecular weight is 329 g/mol. The first-order chi connectivity index (χ1) is 10.6. The van der Waals surface area contributed by atoms with E-state index in [-0.39, 0.29) is 11.9 Å². The number of nitrogens with one attached hydrogen (secondary N) is 1. The van der Waals surface area contributed by atoms with Crippen LogP contribution in [0.2, 0.25) is 0 Å². The van der Waals surface area contributed by atoms with E-state index in [0.717, 1.165) is 6.42 Å². The maximum Gasteiger partial charge on any atom is 0.408 e. The number of carbonyl (C=O) groups excluding carboxylic acids is 2. The van der Waals surface area contributed by atoms with Crippen molar-refractivity contribution >= 4 is 11.9 Å². The molecule has 0 aliphatic carbocycles. The molecular weight excluding hydrogens is 294 g/mol. The summed E-state index contributed by atoms with van der Waals surface area (Å²) >= 11 is 0. The Labute approximate surface area is 141 Å². The maximum atomic E-state index is 12.2. The zero-order chi connectivity index (χ0) is 18.6. The van der Waals surface area contributed by atoms with Crippen LogP contribution in [0.15, 0.2) is 12.2 Å². The summed E-state index contributed by atoms with van der Waals surface area (Å²) < 4.78 is 10.8. The molecule has 1 N–H and O–H groups in total. The van der Waals surface area contributed by atoms with E-state index in [0.29, 0.717) is 18.6 Å². The Balaban J connectivity index is 0. The maximum absolute atomic E-state index is 12.2. The Morgan fingerprint density at radius 3 is 2.04 bits per heavy atom. The summed E-state index contributed by atoms with van der Waals surface area (Å²) in [6.45, 7) is 19.1. The van der Waals surface area contributed by atoms with Crippen molar-refractivity contribution in [2.24, 2.45) is 0 Å². The van der Waals surface area contributed by atoms with Gasteiger partial charge in [0.05, 0.1) is 12.1 Å². The van der Waals surface area contributed by atoms with Crippen molar-refractivity contribution in [3.8, 4) is 0 Å². The monoisotopic (exact) mass is 329 g/mol. The highest BCUT2D eigenvalue weighted by atomic mass is 16.6. The molecule has 0 radical (unpaired) electrons. The van der Waals surface area contributed by atoms with Gasteiger partial charge in [-0.05, 0) is 46.6 Å². The Morgan fingerprint density at radius 2 is 1.70 bits per heavy atom. The molecule has 1 unspecified atom stereocenters. The van der Waals surface area contributed by atoms with E-state index in [4.69, 9.17) is 9.47 Å². The molecule has 0 bridgehead atoms. The van der Waals surface area contributed by atoms with Crippen LogP contribution in [-0.2, 0) is 14.3 Å². The van der Waals surface area contributed by atoms with Crippen LogP contribution in [-0.4, -0.2) is 36.2 Å². The number of carbonyl (C=O) groups is 2. The minimum absolute atomic E-state index is 0.0850. The molecule has 0 aliphatic heterocycles. The topological polar surface area (TPSA) is 64.6 Å². The van der Waals surface area contributed by atoms with Gasteiger partial charge in [0.1, 0.15) is 5.60 Å². The number of ether oxygens (including phenoxy) is 2. The first kappa shape index (κ1) is 23.9. The van der Waals surface area contributed by atoms with Crippen LogP contribution in [0, 0.1) is 0 Å². The lowest BCUT2D eigenvalue weighted by molar-refractivity contribution is -0.118. The fourth-order valence-electron chi connectivity index (χ4n) is 1.83. The number of alkyl carbamates (subject to hydrolysis) is 1. The van der Waals surface area contributed by atoms with E-state index in [1.165, 1.54) is 0 Å². The van der Waals surface area contributed by atoms with Crippen molar-refractivity contribution < 1.29 is 19.1 Å². The number of amides is 1. The summed E-state index contributed by atoms with van der Waals surface area (Å²) in [5, 5.41) is 2.63. The Bertz CT molecular complexity index is 372. The van der Waals surface area contributed by atoms with Crippen LogP contribution < -0.4 is 5.32 Å². The molecule has 0 fully saturated rings. The first-order valence-corrected chi connectivity index (χ1v) is 8.41. The molecule has 0 heterocycles. The van der Waals surface area contributed by atoms with Crippen LogP contribution >= 0.6 is 0 Å². The second-order valence-corrected chi connectivity index (χ2v) is 6.06. The molecule has 2 atom stereocenters. The zero-order valence-electron chi connectivity index (χ0n) is 16.1. The van der Waals surface area contributed by atoms with Crippen molar-refractivity contribution in [1.82, 2.24) is 5.32 Å². The molecule has 0 aliphatic rings. The summed E-state index contributed by atoms with van der Waals surface area (Å²) in [5.41, 5.74) is -0.201. The van der Waals surface area contributed by atoms with Crippen LogP contribution in [0.4, 0.5) is 4.79 Å². The molecule has 0 aromatic rings. The lowest BCUT2D eigenvalue weighted by Crippen LogP contribution is -2.45. The van der Waals surface area contributed by atoms with Crippen molar-refractivity contribution in [2.75, 3.05) is 6.61 Å². The Kier molecular flexibility index (Phi) is 12.6. The van der Waals surface area contributed by atoms with Gasteiger partial charge in [-0.2, -0.15) is 0 Å². The smallest absolute Gasteiger partial charge is 0.408 e. The number of rotatable bonds is 8. The molecule has 1 amide bonds. The lowest BCUT2D eigenvalue weighted by atomic mass is 9.99. The third-order valence-electron chi connectivity index (χ3n) is 2.78. The summed E-state index contributed by atoms with van der Waals surface area (Å²) in [6, 6.07) is -0.672. The highest BCUT2D eigenvalue weighted by Crippen LogP contribution is 2.13. The van der Waals surface area contributed by atoms with Gasteiger partial charge in [-0.15, -0.1) is 0 Å². The van der Waals surface area contributed by atoms with E-state index in [2.05, 4.69) is 11.9 Å². The van der Waals surface area contributed by atoms with Gasteiger partial charge in [-0.25, -0.2) is 4.79 Å². The largest absolute Gasteiger partial charge is 0.444 e. The quantitative estimate of drug-likeness (QED) is 0.676. The van der Waals surface area contributed by atoms with Crippen LogP contribution in [0.5, 0.6) is 0 Å². The highest BCUT2D eigenvalue weighted by molar-refractivity contribution is 5.99. The van der Waals surface area contributed by atoms with Gasteiger partial charge in [0.2, 0.25) is 0 Å². The third kappa shape index (κ3) is 11.8. The molecule has 0 saturated heterocycles. The number of ketones is 1. The molecule has 0 aromatic heterocycles. The summed E-state index contributed by atoms with van der Waals surface area (Å²) in [5.74, 6) is -0.195. The van der Waals surface area contributed by atoms with Gasteiger partial charge in [0.15, 0.2) is 5.78 Å². The minimum atomic E-state index is -0.672. The van der Waals surface area contributed by atoms with E-state index in [9.17, 15) is 9.59 Å². The molecule has 0 spiro atoms. The predicted molar refractivity (Wildman–Crippen MR) is 94.6 cm³/mol. The first-order valence-electron chi connectivity index (χ1n) is 8.41. The molecule has 23 heavy (non-hydrogen) atoms. The lowest BCUT2D eigenvalue weighted by Gasteiger charge is -2.25. The van der Waals surface area contributed by atoms with E-state index < -0.39 is 17.7 Å². The van der Waals surface area contributed by atoms with E-state index >= 15 is 0 Å². The van der Waals surface area contributed by atoms with Gasteiger partial charge >= 0.3 is 6.09 Å². The Morgan fingerprint density at radius 1 is 1.17 bits per heavy atom. The summed E-state index contributed by atoms with van der Waals surface area (Å²) in [4.78, 5) is 24.0. The SMILES string of the molecule is C=C(C)C(=O)[C@H](CC(CC)OCC)NC(=O)OC(C)(C)C.CC. The van der Waals surface area contributed by atoms with Crippen molar-refractivity contribution in [3.05, 3.63) is 12.2 Å². The van der Waals surface area contributed by atoms with Crippen LogP contribution in [0.1, 0.15) is 68.2 Å². The molecule has 136 valence electrons. The highest BCUT2D eigenvalue weighted by Gasteiger charge is 2.27. The minimum Gasteiger partial charge on any atom is -0.444 e. The second-order valence-electron chi connectivity index (χ2n) is 6.06. The average Bonchev–Trinajstić information content (AvgIpc) is 2.45. The molecule has 5 heteroatoms. The molecule has 0 aromatic carbocycles. The van der Waals surface area contributed by atoms with Crippen molar-refractivity contribution in [3.63, 3.8) is 0 Å². The number of Topliss-reactive ketones (excluding diaryl/α,β-unsaturated/α-hetero) is 1. The molecule has 0 rings (SSSR count). The fraction of sp³-hybridized carbons (Fsp3) is 0.778. The van der Waals surface area contributed by atoms with Crippen LogP contribution in [0.3, 0.4) is 0 Å². The van der Waals surface area contributed by atoms with Gasteiger partial charge in [-0.3, -0.25) is 4.79 Å². The van der Waals surface area contributed by atoms with Gasteiger partial charge in [0.25, 0.3) is 0 Å². The number of hydrogen-bond acceptors (Lipinski definition) is 4. The van der Waals surface area contributed by atoms with Crippen molar-refractivity contribution in [2.45, 2.75) is 86.0 Å². The molecule has 5 nitrogen and oxygen atoms in total. The fourth-order valence-corrected chi connectivity index (χ4v) is 1.83. The normalized spacial score (nSPS) is 13.2. The second kappa shape index (κ2) is 12.1. The Hall–Kier alpha value is -1.36. The van der Waals surface area contributed by atoms with Gasteiger partial charge < -0.3 is 14.8 Å². The van der Waals surface area contributed by atoms with E-state index in [1.807, 2.05) is 27.7 Å². The zero-order valence-corrected chi connectivity index (χ0v) is 16.1. The van der Waals surface area contributed by atoms with Gasteiger partial charge in [-0.1, -0.05) is 27.4 Å². The standard InChI is InChI=1S/C16H29NO4.C2H6/c1-8-12(20-9-2)10-13(14(18)11(3)4)17-15(19)21-16(5,6)7;1-2/h12-13H,3,8-10H2,1-2,4-7H3,(H,17,19);1-2H3/t12?,13-;/m0./s1. The molecular formula is C18H35NO4. The van der Waals surface area contributed by atoms with Crippen molar-refractivity contribution in [1.29, 1.82) is 0 Å². The summed E-state index contributed by atoms with van der Waals surface area (Å²) in [7, 11) is 0. The molecule has 0 saturated carbocycles. The van der Waals surface area contributed by atoms with Crippen LogP contribution in [0.25, 0.3) is 0 Å². The van der Waals surface area contributed by atoms with Gasteiger partial charge in [0, 0.05) is 13.0 Å².